The third-order valence-corrected chi connectivity index (χ3v) is 2.94. The van der Waals surface area contributed by atoms with Crippen molar-refractivity contribution >= 4 is 17.3 Å². The van der Waals surface area contributed by atoms with E-state index in [2.05, 4.69) is 5.32 Å². The van der Waals surface area contributed by atoms with Gasteiger partial charge >= 0.3 is 0 Å². The van der Waals surface area contributed by atoms with Crippen LogP contribution in [0.2, 0.25) is 0 Å². The number of hydrogen-bond acceptors (Lipinski definition) is 5. The summed E-state index contributed by atoms with van der Waals surface area (Å²) in [6, 6.07) is 4.11. The lowest BCUT2D eigenvalue weighted by molar-refractivity contribution is -0.384. The van der Waals surface area contributed by atoms with Gasteiger partial charge in [0.2, 0.25) is 0 Å². The number of aliphatic hydroxyl groups excluding tert-OH is 1. The molecule has 0 radical (unpaired) electrons. The average Bonchev–Trinajstić information content (AvgIpc) is 2.42. The van der Waals surface area contributed by atoms with Crippen LogP contribution in [0, 0.1) is 10.1 Å². The van der Waals surface area contributed by atoms with Gasteiger partial charge in [0.1, 0.15) is 0 Å². The molecule has 1 atom stereocenters. The fourth-order valence-corrected chi connectivity index (χ4v) is 1.73. The highest BCUT2D eigenvalue weighted by molar-refractivity contribution is 6.00. The summed E-state index contributed by atoms with van der Waals surface area (Å²) < 4.78 is 0. The van der Waals surface area contributed by atoms with Crippen LogP contribution in [0.15, 0.2) is 18.2 Å². The molecule has 0 aromatic heterocycles. The van der Waals surface area contributed by atoms with Crippen LogP contribution in [0.3, 0.4) is 0 Å². The zero-order valence-corrected chi connectivity index (χ0v) is 11.8. The van der Waals surface area contributed by atoms with Gasteiger partial charge in [-0.05, 0) is 19.4 Å². The number of nitrogens with zero attached hydrogens (tertiary/aromatic N) is 2. The fourth-order valence-electron chi connectivity index (χ4n) is 1.73. The molecular formula is C13H19N3O4. The minimum atomic E-state index is -0.536. The van der Waals surface area contributed by atoms with Crippen molar-refractivity contribution in [1.29, 1.82) is 0 Å². The Morgan fingerprint density at radius 2 is 2.20 bits per heavy atom. The van der Waals surface area contributed by atoms with Crippen LogP contribution in [0.1, 0.15) is 23.7 Å². The summed E-state index contributed by atoms with van der Waals surface area (Å²) in [7, 11) is 3.25. The summed E-state index contributed by atoms with van der Waals surface area (Å²) in [6.07, 6.45) is -0.0504. The first-order chi connectivity index (χ1) is 9.36. The third-order valence-electron chi connectivity index (χ3n) is 2.94. The molecule has 0 saturated carbocycles. The van der Waals surface area contributed by atoms with Gasteiger partial charge in [0.25, 0.3) is 11.6 Å². The van der Waals surface area contributed by atoms with Gasteiger partial charge in [0, 0.05) is 38.5 Å². The number of aliphatic hydroxyl groups is 1. The van der Waals surface area contributed by atoms with Gasteiger partial charge in [-0.15, -0.1) is 0 Å². The summed E-state index contributed by atoms with van der Waals surface area (Å²) in [6.45, 7) is 2.02. The summed E-state index contributed by atoms with van der Waals surface area (Å²) in [5.41, 5.74) is 0.649. The number of non-ortho nitro benzene ring substituents is 1. The van der Waals surface area contributed by atoms with Crippen molar-refractivity contribution in [3.63, 3.8) is 0 Å². The number of rotatable bonds is 6. The molecule has 1 aromatic carbocycles. The molecule has 0 aliphatic heterocycles. The number of nitrogens with one attached hydrogen (secondary N) is 1. The molecule has 7 nitrogen and oxygen atoms in total. The van der Waals surface area contributed by atoms with Crippen LogP contribution in [0.4, 0.5) is 11.4 Å². The lowest BCUT2D eigenvalue weighted by Gasteiger charge is -2.19. The Morgan fingerprint density at radius 1 is 1.55 bits per heavy atom. The van der Waals surface area contributed by atoms with Crippen molar-refractivity contribution in [2.24, 2.45) is 0 Å². The molecule has 7 heteroatoms. The quantitative estimate of drug-likeness (QED) is 0.608. The Kier molecular flexibility index (Phi) is 5.45. The molecule has 20 heavy (non-hydrogen) atoms. The normalized spacial score (nSPS) is 11.8. The summed E-state index contributed by atoms with van der Waals surface area (Å²) >= 11 is 0. The van der Waals surface area contributed by atoms with Crippen molar-refractivity contribution < 1.29 is 14.8 Å². The van der Waals surface area contributed by atoms with E-state index in [1.165, 1.54) is 23.1 Å². The van der Waals surface area contributed by atoms with Crippen LogP contribution >= 0.6 is 0 Å². The van der Waals surface area contributed by atoms with Gasteiger partial charge in [0.05, 0.1) is 16.6 Å². The molecule has 0 aliphatic rings. The largest absolute Gasteiger partial charge is 0.393 e. The van der Waals surface area contributed by atoms with Gasteiger partial charge in [-0.1, -0.05) is 0 Å². The summed E-state index contributed by atoms with van der Waals surface area (Å²) in [5, 5.41) is 22.9. The second-order valence-electron chi connectivity index (χ2n) is 4.60. The highest BCUT2D eigenvalue weighted by Gasteiger charge is 2.19. The molecular weight excluding hydrogens is 262 g/mol. The highest BCUT2D eigenvalue weighted by Crippen LogP contribution is 2.23. The van der Waals surface area contributed by atoms with Gasteiger partial charge < -0.3 is 15.3 Å². The van der Waals surface area contributed by atoms with Crippen LogP contribution in [-0.4, -0.2) is 47.6 Å². The maximum absolute atomic E-state index is 12.3. The van der Waals surface area contributed by atoms with E-state index in [0.29, 0.717) is 18.7 Å². The smallest absolute Gasteiger partial charge is 0.270 e. The Bertz CT molecular complexity index is 502. The molecule has 1 aromatic rings. The SMILES string of the molecule is CNc1ccc([N+](=O)[O-])cc1C(=O)N(C)CCC(C)O. The second kappa shape index (κ2) is 6.85. The van der Waals surface area contributed by atoms with Crippen molar-refractivity contribution in [2.75, 3.05) is 26.0 Å². The molecule has 0 fully saturated rings. The number of nitro benzene ring substituents is 1. The maximum Gasteiger partial charge on any atom is 0.270 e. The molecule has 1 unspecified atom stereocenters. The number of hydrogen-bond donors (Lipinski definition) is 2. The molecule has 0 spiro atoms. The number of benzene rings is 1. The lowest BCUT2D eigenvalue weighted by atomic mass is 10.1. The Labute approximate surface area is 117 Å². The molecule has 0 saturated heterocycles. The standard InChI is InChI=1S/C13H19N3O4/c1-9(17)6-7-15(3)13(18)11-8-10(16(19)20)4-5-12(11)14-2/h4-5,8-9,14,17H,6-7H2,1-3H3. The van der Waals surface area contributed by atoms with Crippen LogP contribution < -0.4 is 5.32 Å². The maximum atomic E-state index is 12.3. The average molecular weight is 281 g/mol. The monoisotopic (exact) mass is 281 g/mol. The first-order valence-corrected chi connectivity index (χ1v) is 6.26. The van der Waals surface area contributed by atoms with E-state index < -0.39 is 11.0 Å². The number of carbonyl (C=O) groups is 1. The Hall–Kier alpha value is -2.15. The minimum Gasteiger partial charge on any atom is -0.393 e. The van der Waals surface area contributed by atoms with Crippen molar-refractivity contribution in [3.8, 4) is 0 Å². The van der Waals surface area contributed by atoms with E-state index in [4.69, 9.17) is 0 Å². The first-order valence-electron chi connectivity index (χ1n) is 6.26. The van der Waals surface area contributed by atoms with Crippen LogP contribution in [-0.2, 0) is 0 Å². The van der Waals surface area contributed by atoms with Gasteiger partial charge in [0.15, 0.2) is 0 Å². The summed E-state index contributed by atoms with van der Waals surface area (Å²) in [5.74, 6) is -0.321. The second-order valence-corrected chi connectivity index (χ2v) is 4.60. The van der Waals surface area contributed by atoms with Crippen LogP contribution in [0.25, 0.3) is 0 Å². The van der Waals surface area contributed by atoms with Gasteiger partial charge in [-0.25, -0.2) is 0 Å². The summed E-state index contributed by atoms with van der Waals surface area (Å²) in [4.78, 5) is 24.0. The molecule has 0 bridgehead atoms. The number of anilines is 1. The zero-order valence-electron chi connectivity index (χ0n) is 11.8. The van der Waals surface area contributed by atoms with E-state index in [1.807, 2.05) is 0 Å². The molecule has 1 amide bonds. The lowest BCUT2D eigenvalue weighted by Crippen LogP contribution is -2.30. The van der Waals surface area contributed by atoms with Crippen molar-refractivity contribution in [1.82, 2.24) is 4.90 Å². The van der Waals surface area contributed by atoms with E-state index in [0.717, 1.165) is 0 Å². The van der Waals surface area contributed by atoms with E-state index >= 15 is 0 Å². The van der Waals surface area contributed by atoms with Crippen molar-refractivity contribution in [2.45, 2.75) is 19.4 Å². The number of carbonyl (C=O) groups excluding carboxylic acids is 1. The molecule has 110 valence electrons. The highest BCUT2D eigenvalue weighted by atomic mass is 16.6. The predicted molar refractivity (Wildman–Crippen MR) is 75.9 cm³/mol. The molecule has 2 N–H and O–H groups in total. The van der Waals surface area contributed by atoms with Crippen molar-refractivity contribution in [3.05, 3.63) is 33.9 Å². The number of nitro groups is 1. The van der Waals surface area contributed by atoms with E-state index in [1.54, 1.807) is 21.0 Å². The van der Waals surface area contributed by atoms with Gasteiger partial charge in [-0.2, -0.15) is 0 Å². The Balaban J connectivity index is 3.00. The fraction of sp³-hybridized carbons (Fsp3) is 0.462. The van der Waals surface area contributed by atoms with E-state index in [9.17, 15) is 20.0 Å². The van der Waals surface area contributed by atoms with E-state index in [-0.39, 0.29) is 17.2 Å². The predicted octanol–water partition coefficient (Wildman–Crippen LogP) is 1.48. The molecule has 0 aliphatic carbocycles. The molecule has 1 rings (SSSR count). The Morgan fingerprint density at radius 3 is 2.70 bits per heavy atom. The number of amides is 1. The van der Waals surface area contributed by atoms with Crippen LogP contribution in [0.5, 0.6) is 0 Å². The first kappa shape index (κ1) is 15.9. The minimum absolute atomic E-state index is 0.128. The van der Waals surface area contributed by atoms with Gasteiger partial charge in [-0.3, -0.25) is 14.9 Å². The molecule has 0 heterocycles. The third kappa shape index (κ3) is 3.92. The topological polar surface area (TPSA) is 95.7 Å². The zero-order chi connectivity index (χ0) is 15.3.